The van der Waals surface area contributed by atoms with Gasteiger partial charge >= 0.3 is 0 Å². The molecular weight excluding hydrogens is 352 g/mol. The Morgan fingerprint density at radius 1 is 1.04 bits per heavy atom. The van der Waals surface area contributed by atoms with E-state index in [2.05, 4.69) is 84.5 Å². The van der Waals surface area contributed by atoms with Gasteiger partial charge in [0.2, 0.25) is 5.95 Å². The number of nitrogens with one attached hydrogen (secondary N) is 1. The maximum absolute atomic E-state index is 4.76. The summed E-state index contributed by atoms with van der Waals surface area (Å²) in [4.78, 5) is 14.3. The molecule has 27 heavy (non-hydrogen) atoms. The van der Waals surface area contributed by atoms with Gasteiger partial charge < -0.3 is 10.2 Å². The second-order valence-electron chi connectivity index (χ2n) is 6.61. The van der Waals surface area contributed by atoms with Crippen LogP contribution in [0.1, 0.15) is 30.0 Å². The van der Waals surface area contributed by atoms with Crippen molar-refractivity contribution < 1.29 is 0 Å². The van der Waals surface area contributed by atoms with Crippen molar-refractivity contribution in [2.24, 2.45) is 0 Å². The van der Waals surface area contributed by atoms with Gasteiger partial charge in [0.25, 0.3) is 0 Å². The summed E-state index contributed by atoms with van der Waals surface area (Å²) in [5.74, 6) is 1.75. The van der Waals surface area contributed by atoms with Gasteiger partial charge in [-0.05, 0) is 50.1 Å². The number of aryl methyl sites for hydroxylation is 1. The molecule has 5 heteroatoms. The van der Waals surface area contributed by atoms with E-state index < -0.39 is 0 Å². The average molecular weight is 377 g/mol. The molecule has 0 spiro atoms. The molecule has 0 unspecified atom stereocenters. The van der Waals surface area contributed by atoms with Gasteiger partial charge in [-0.15, -0.1) is 11.3 Å². The molecule has 0 bridgehead atoms. The maximum Gasteiger partial charge on any atom is 0.224 e. The first-order chi connectivity index (χ1) is 13.2. The Bertz CT molecular complexity index is 975. The van der Waals surface area contributed by atoms with Gasteiger partial charge in [-0.2, -0.15) is 4.98 Å². The lowest BCUT2D eigenvalue weighted by Gasteiger charge is -2.30. The third-order valence-corrected chi connectivity index (χ3v) is 6.00. The zero-order valence-electron chi connectivity index (χ0n) is 16.0. The molecule has 1 aliphatic rings. The Morgan fingerprint density at radius 3 is 2.56 bits per heavy atom. The number of thiophene rings is 1. The average Bonchev–Trinajstić information content (AvgIpc) is 3.19. The third kappa shape index (κ3) is 3.47. The lowest BCUT2D eigenvalue weighted by Crippen LogP contribution is -2.29. The summed E-state index contributed by atoms with van der Waals surface area (Å²) in [5.41, 5.74) is 4.76. The monoisotopic (exact) mass is 376 g/mol. The molecule has 1 N–H and O–H groups in total. The molecule has 0 saturated carbocycles. The van der Waals surface area contributed by atoms with Crippen molar-refractivity contribution in [1.82, 2.24) is 9.97 Å². The first-order valence-corrected chi connectivity index (χ1v) is 10.2. The Labute approximate surface area is 164 Å². The van der Waals surface area contributed by atoms with Crippen molar-refractivity contribution in [2.45, 2.75) is 20.8 Å². The fraction of sp³-hybridized carbons (Fsp3) is 0.273. The van der Waals surface area contributed by atoms with E-state index in [0.717, 1.165) is 36.7 Å². The number of benzene rings is 1. The normalized spacial score (nSPS) is 13.3. The summed E-state index contributed by atoms with van der Waals surface area (Å²) in [5, 5.41) is 3.24. The van der Waals surface area contributed by atoms with Crippen molar-refractivity contribution in [3.05, 3.63) is 58.6 Å². The Balaban J connectivity index is 1.73. The van der Waals surface area contributed by atoms with E-state index in [1.165, 1.54) is 20.9 Å². The zero-order chi connectivity index (χ0) is 18.8. The lowest BCUT2D eigenvalue weighted by molar-refractivity contribution is 0.869. The summed E-state index contributed by atoms with van der Waals surface area (Å²) in [7, 11) is 0. The number of fused-ring (bicyclic) bond motifs is 1. The van der Waals surface area contributed by atoms with Gasteiger partial charge in [-0.1, -0.05) is 30.3 Å². The van der Waals surface area contributed by atoms with Crippen LogP contribution in [0.4, 0.5) is 11.8 Å². The van der Waals surface area contributed by atoms with Crippen LogP contribution in [0.5, 0.6) is 0 Å². The van der Waals surface area contributed by atoms with Crippen LogP contribution >= 0.6 is 11.3 Å². The second kappa shape index (κ2) is 7.53. The van der Waals surface area contributed by atoms with Crippen molar-refractivity contribution in [2.75, 3.05) is 29.9 Å². The van der Waals surface area contributed by atoms with Gasteiger partial charge in [-0.25, -0.2) is 4.98 Å². The Hall–Kier alpha value is -2.66. The topological polar surface area (TPSA) is 41.1 Å². The molecule has 3 aromatic rings. The number of anilines is 2. The highest BCUT2D eigenvalue weighted by atomic mass is 32.1. The summed E-state index contributed by atoms with van der Waals surface area (Å²) >= 11 is 1.85. The second-order valence-corrected chi connectivity index (χ2v) is 7.70. The van der Waals surface area contributed by atoms with E-state index in [1.807, 2.05) is 11.3 Å². The molecule has 0 saturated heterocycles. The zero-order valence-corrected chi connectivity index (χ0v) is 16.8. The number of likely N-dealkylation sites (N-methyl/N-ethyl adjacent to an activating group) is 1. The molecule has 2 aromatic heterocycles. The maximum atomic E-state index is 4.76. The Morgan fingerprint density at radius 2 is 1.81 bits per heavy atom. The highest BCUT2D eigenvalue weighted by Crippen LogP contribution is 2.38. The number of hydrogen-bond donors (Lipinski definition) is 1. The molecule has 0 fully saturated rings. The Kier molecular flexibility index (Phi) is 4.94. The minimum atomic E-state index is 0.714. The van der Waals surface area contributed by atoms with Gasteiger partial charge in [0, 0.05) is 35.0 Å². The van der Waals surface area contributed by atoms with E-state index in [1.54, 1.807) is 0 Å². The molecule has 3 heterocycles. The molecule has 4 nitrogen and oxygen atoms in total. The fourth-order valence-corrected chi connectivity index (χ4v) is 4.41. The minimum Gasteiger partial charge on any atom is -0.354 e. The van der Waals surface area contributed by atoms with Crippen LogP contribution in [0.2, 0.25) is 0 Å². The predicted octanol–water partition coefficient (Wildman–Crippen LogP) is 5.33. The van der Waals surface area contributed by atoms with Crippen molar-refractivity contribution in [3.8, 4) is 10.4 Å². The van der Waals surface area contributed by atoms with Crippen LogP contribution in [0.25, 0.3) is 22.1 Å². The van der Waals surface area contributed by atoms with Gasteiger partial charge in [0.05, 0.1) is 5.69 Å². The van der Waals surface area contributed by atoms with Gasteiger partial charge in [0.15, 0.2) is 0 Å². The highest BCUT2D eigenvalue weighted by molar-refractivity contribution is 7.16. The first kappa shape index (κ1) is 17.7. The molecular formula is C22H24N4S. The van der Waals surface area contributed by atoms with Crippen LogP contribution in [0.3, 0.4) is 0 Å². The summed E-state index contributed by atoms with van der Waals surface area (Å²) in [6, 6.07) is 15.0. The third-order valence-electron chi connectivity index (χ3n) is 4.79. The SMILES string of the molecule is CCNc1nc(C)c2c(n1)N(CC)CC(c1ccc(-c3ccccc3)s1)=C2. The fourth-order valence-electron chi connectivity index (χ4n) is 3.39. The van der Waals surface area contributed by atoms with E-state index in [9.17, 15) is 0 Å². The summed E-state index contributed by atoms with van der Waals surface area (Å²) < 4.78 is 0. The number of hydrogen-bond acceptors (Lipinski definition) is 5. The van der Waals surface area contributed by atoms with Gasteiger partial charge in [0.1, 0.15) is 5.82 Å². The van der Waals surface area contributed by atoms with Gasteiger partial charge in [-0.3, -0.25) is 0 Å². The van der Waals surface area contributed by atoms with Crippen LogP contribution in [0.15, 0.2) is 42.5 Å². The molecule has 0 aliphatic carbocycles. The molecule has 0 amide bonds. The standard InChI is InChI=1S/C22H24N4S/c1-4-23-22-24-15(3)18-13-17(14-26(5-2)21(18)25-22)20-12-11-19(27-20)16-9-7-6-8-10-16/h6-13H,4-5,14H2,1-3H3,(H,23,24,25). The lowest BCUT2D eigenvalue weighted by atomic mass is 10.0. The quantitative estimate of drug-likeness (QED) is 0.654. The van der Waals surface area contributed by atoms with Crippen LogP contribution in [-0.4, -0.2) is 29.6 Å². The molecule has 0 atom stereocenters. The van der Waals surface area contributed by atoms with E-state index in [-0.39, 0.29) is 0 Å². The summed E-state index contributed by atoms with van der Waals surface area (Å²) in [6.07, 6.45) is 2.27. The van der Waals surface area contributed by atoms with Crippen LogP contribution in [0, 0.1) is 6.92 Å². The van der Waals surface area contributed by atoms with E-state index in [0.29, 0.717) is 5.95 Å². The van der Waals surface area contributed by atoms with Crippen LogP contribution in [-0.2, 0) is 0 Å². The van der Waals surface area contributed by atoms with Crippen molar-refractivity contribution in [1.29, 1.82) is 0 Å². The highest BCUT2D eigenvalue weighted by Gasteiger charge is 2.23. The van der Waals surface area contributed by atoms with Crippen LogP contribution < -0.4 is 10.2 Å². The molecule has 1 aliphatic heterocycles. The van der Waals surface area contributed by atoms with Crippen molar-refractivity contribution in [3.63, 3.8) is 0 Å². The first-order valence-electron chi connectivity index (χ1n) is 9.43. The summed E-state index contributed by atoms with van der Waals surface area (Å²) in [6.45, 7) is 8.93. The molecule has 138 valence electrons. The molecule has 1 aromatic carbocycles. The molecule has 4 rings (SSSR count). The smallest absolute Gasteiger partial charge is 0.224 e. The number of aromatic nitrogens is 2. The van der Waals surface area contributed by atoms with E-state index in [4.69, 9.17) is 4.98 Å². The minimum absolute atomic E-state index is 0.714. The largest absolute Gasteiger partial charge is 0.354 e. The van der Waals surface area contributed by atoms with E-state index >= 15 is 0 Å². The van der Waals surface area contributed by atoms with Crippen molar-refractivity contribution >= 4 is 34.8 Å². The number of nitrogens with zero attached hydrogens (tertiary/aromatic N) is 3. The predicted molar refractivity (Wildman–Crippen MR) is 116 cm³/mol. The molecule has 0 radical (unpaired) electrons. The number of rotatable bonds is 5.